The Balaban J connectivity index is 0.00000157. The van der Waals surface area contributed by atoms with Crippen molar-refractivity contribution in [3.05, 3.63) is 71.3 Å². The first-order valence-corrected chi connectivity index (χ1v) is 7.85. The van der Waals surface area contributed by atoms with E-state index < -0.39 is 0 Å². The van der Waals surface area contributed by atoms with E-state index in [1.807, 2.05) is 42.5 Å². The molecule has 4 nitrogen and oxygen atoms in total. The maximum absolute atomic E-state index is 4.62. The van der Waals surface area contributed by atoms with Gasteiger partial charge < -0.3 is 9.97 Å². The van der Waals surface area contributed by atoms with E-state index in [1.54, 1.807) is 0 Å². The van der Waals surface area contributed by atoms with Crippen molar-refractivity contribution >= 4 is 46.4 Å². The molecule has 0 radical (unpaired) electrons. The van der Waals surface area contributed by atoms with Crippen LogP contribution in [0.5, 0.6) is 0 Å². The molecular weight excluding hydrogens is 397 g/mol. The van der Waals surface area contributed by atoms with E-state index in [4.69, 9.17) is 0 Å². The van der Waals surface area contributed by atoms with E-state index in [2.05, 4.69) is 50.3 Å². The van der Waals surface area contributed by atoms with Crippen LogP contribution in [-0.4, -0.2) is 19.9 Å². The molecule has 3 aromatic heterocycles. The number of aromatic amines is 2. The van der Waals surface area contributed by atoms with E-state index in [9.17, 15) is 0 Å². The fraction of sp³-hybridized carbons (Fsp3) is 0. The summed E-state index contributed by atoms with van der Waals surface area (Å²) in [6.45, 7) is 0. The van der Waals surface area contributed by atoms with Crippen molar-refractivity contribution in [3.63, 3.8) is 0 Å². The van der Waals surface area contributed by atoms with Gasteiger partial charge in [0.05, 0.1) is 22.8 Å². The molecule has 3 aromatic rings. The zero-order chi connectivity index (χ0) is 15.9. The standard InChI is InChI=1S/C20H14N4.Ru/c1-2-14-10-16-5-6-18(23-16)12-20-8-7-19(24-20)11-17-4-3-15(22-17)9-13(1)21-14;/h1-12,21-22H;/q;+4. The molecule has 0 atom stereocenters. The summed E-state index contributed by atoms with van der Waals surface area (Å²) in [6.07, 6.45) is 8.05. The Morgan fingerprint density at radius 3 is 1.28 bits per heavy atom. The minimum absolute atomic E-state index is 0. The molecule has 5 rings (SSSR count). The quantitative estimate of drug-likeness (QED) is 0.365. The minimum Gasteiger partial charge on any atom is -0.355 e. The van der Waals surface area contributed by atoms with Crippen LogP contribution >= 0.6 is 0 Å². The molecule has 2 aliphatic rings. The third-order valence-corrected chi connectivity index (χ3v) is 4.04. The summed E-state index contributed by atoms with van der Waals surface area (Å²) < 4.78 is 0. The van der Waals surface area contributed by atoms with Crippen LogP contribution in [0.3, 0.4) is 0 Å². The van der Waals surface area contributed by atoms with Crippen LogP contribution in [0.1, 0.15) is 22.8 Å². The molecule has 0 fully saturated rings. The third kappa shape index (κ3) is 3.24. The first kappa shape index (κ1) is 15.7. The second-order valence-electron chi connectivity index (χ2n) is 5.91. The van der Waals surface area contributed by atoms with E-state index >= 15 is 0 Å². The summed E-state index contributed by atoms with van der Waals surface area (Å²) in [7, 11) is 0. The van der Waals surface area contributed by atoms with Crippen LogP contribution in [0, 0.1) is 0 Å². The molecule has 0 saturated carbocycles. The maximum atomic E-state index is 4.62. The van der Waals surface area contributed by atoms with Gasteiger partial charge in [-0.3, -0.25) is 0 Å². The topological polar surface area (TPSA) is 57.4 Å². The second-order valence-corrected chi connectivity index (χ2v) is 5.91. The van der Waals surface area contributed by atoms with Gasteiger partial charge in [-0.1, -0.05) is 0 Å². The van der Waals surface area contributed by atoms with Gasteiger partial charge in [0.2, 0.25) is 0 Å². The molecule has 5 heteroatoms. The molecule has 0 spiro atoms. The fourth-order valence-electron chi connectivity index (χ4n) is 2.94. The average Bonchev–Trinajstić information content (AvgIpc) is 3.32. The zero-order valence-electron chi connectivity index (χ0n) is 13.2. The SMILES string of the molecule is C1=Cc2cc3ccc(cc4ccc(cc5nc(cc1n2)C=C5)[nH]4)[nH]3.[Ru+4]. The van der Waals surface area contributed by atoms with Crippen molar-refractivity contribution in [3.8, 4) is 0 Å². The molecule has 5 heterocycles. The van der Waals surface area contributed by atoms with Crippen molar-refractivity contribution in [2.45, 2.75) is 0 Å². The second kappa shape index (κ2) is 6.26. The van der Waals surface area contributed by atoms with Gasteiger partial charge in [0.25, 0.3) is 0 Å². The van der Waals surface area contributed by atoms with Crippen molar-refractivity contribution in [1.82, 2.24) is 19.9 Å². The van der Waals surface area contributed by atoms with Gasteiger partial charge >= 0.3 is 19.5 Å². The maximum Gasteiger partial charge on any atom is 4.00 e. The predicted molar refractivity (Wildman–Crippen MR) is 98.9 cm³/mol. The molecule has 0 saturated heterocycles. The van der Waals surface area contributed by atoms with E-state index in [1.165, 1.54) is 0 Å². The number of rotatable bonds is 0. The first-order valence-electron chi connectivity index (χ1n) is 7.85. The number of nitrogens with zero attached hydrogens (tertiary/aromatic N) is 2. The summed E-state index contributed by atoms with van der Waals surface area (Å²) in [5.41, 5.74) is 7.86. The van der Waals surface area contributed by atoms with Gasteiger partial charge in [-0.2, -0.15) is 0 Å². The number of H-pyrrole nitrogens is 2. The predicted octanol–water partition coefficient (Wildman–Crippen LogP) is 4.65. The van der Waals surface area contributed by atoms with Crippen LogP contribution in [0.15, 0.2) is 48.5 Å². The zero-order valence-corrected chi connectivity index (χ0v) is 14.9. The summed E-state index contributed by atoms with van der Waals surface area (Å²) >= 11 is 0. The monoisotopic (exact) mass is 412 g/mol. The summed E-state index contributed by atoms with van der Waals surface area (Å²) in [4.78, 5) is 16.0. The Morgan fingerprint density at radius 2 is 0.840 bits per heavy atom. The van der Waals surface area contributed by atoms with Gasteiger partial charge in [0.15, 0.2) is 0 Å². The number of hydrogen-bond acceptors (Lipinski definition) is 2. The molecule has 0 aliphatic carbocycles. The molecule has 0 amide bonds. The normalized spacial score (nSPS) is 12.2. The van der Waals surface area contributed by atoms with Gasteiger partial charge in [0, 0.05) is 22.1 Å². The van der Waals surface area contributed by atoms with Crippen molar-refractivity contribution in [2.75, 3.05) is 0 Å². The molecule has 2 aliphatic heterocycles. The molecule has 118 valence electrons. The van der Waals surface area contributed by atoms with E-state index in [0.29, 0.717) is 0 Å². The van der Waals surface area contributed by atoms with Crippen LogP contribution < -0.4 is 0 Å². The van der Waals surface area contributed by atoms with Gasteiger partial charge in [-0.15, -0.1) is 0 Å². The third-order valence-electron chi connectivity index (χ3n) is 4.04. The largest absolute Gasteiger partial charge is 4.00 e. The summed E-state index contributed by atoms with van der Waals surface area (Å²) in [5, 5.41) is 0. The van der Waals surface area contributed by atoms with Crippen LogP contribution in [0.2, 0.25) is 0 Å². The smallest absolute Gasteiger partial charge is 0.355 e. The molecular formula is C20H14N4Ru+4. The number of fused-ring (bicyclic) bond motifs is 8. The van der Waals surface area contributed by atoms with Crippen LogP contribution in [0.25, 0.3) is 46.4 Å². The Hall–Kier alpha value is -2.78. The molecule has 0 unspecified atom stereocenters. The van der Waals surface area contributed by atoms with Crippen LogP contribution in [0.4, 0.5) is 0 Å². The number of nitrogens with one attached hydrogen (secondary N) is 2. The Kier molecular flexibility index (Phi) is 3.94. The first-order chi connectivity index (χ1) is 11.8. The summed E-state index contributed by atoms with van der Waals surface area (Å²) in [5.74, 6) is 0. The summed E-state index contributed by atoms with van der Waals surface area (Å²) in [6, 6.07) is 16.4. The Morgan fingerprint density at radius 1 is 0.480 bits per heavy atom. The van der Waals surface area contributed by atoms with Crippen molar-refractivity contribution < 1.29 is 19.5 Å². The van der Waals surface area contributed by atoms with Gasteiger partial charge in [0.1, 0.15) is 0 Å². The molecule has 2 N–H and O–H groups in total. The van der Waals surface area contributed by atoms with Crippen molar-refractivity contribution in [2.24, 2.45) is 0 Å². The van der Waals surface area contributed by atoms with E-state index in [-0.39, 0.29) is 19.5 Å². The number of aromatic nitrogens is 4. The van der Waals surface area contributed by atoms with Crippen LogP contribution in [-0.2, 0) is 19.5 Å². The average molecular weight is 411 g/mol. The molecule has 25 heavy (non-hydrogen) atoms. The fourth-order valence-corrected chi connectivity index (χ4v) is 2.94. The minimum atomic E-state index is 0. The van der Waals surface area contributed by atoms with Gasteiger partial charge in [-0.25, -0.2) is 9.97 Å². The Bertz CT molecular complexity index is 1080. The van der Waals surface area contributed by atoms with Crippen molar-refractivity contribution in [1.29, 1.82) is 0 Å². The molecule has 0 aromatic carbocycles. The van der Waals surface area contributed by atoms with Gasteiger partial charge in [-0.05, 0) is 72.8 Å². The molecule has 8 bridgehead atoms. The Labute approximate surface area is 157 Å². The van der Waals surface area contributed by atoms with E-state index in [0.717, 1.165) is 44.8 Å². The number of hydrogen-bond donors (Lipinski definition) is 2.